The molecule has 1 rings (SSSR count). The monoisotopic (exact) mass is 217 g/mol. The third kappa shape index (κ3) is 3.91. The van der Waals surface area contributed by atoms with Crippen LogP contribution in [0.5, 0.6) is 0 Å². The van der Waals surface area contributed by atoms with Gasteiger partial charge >= 0.3 is 6.18 Å². The van der Waals surface area contributed by atoms with E-state index in [0.29, 0.717) is 6.42 Å². The maximum absolute atomic E-state index is 12.1. The zero-order chi connectivity index (χ0) is 11.5. The van der Waals surface area contributed by atoms with Crippen LogP contribution in [0.25, 0.3) is 0 Å². The lowest BCUT2D eigenvalue weighted by atomic mass is 10.0. The van der Waals surface area contributed by atoms with Crippen molar-refractivity contribution in [1.82, 2.24) is 0 Å². The second-order valence-electron chi connectivity index (χ2n) is 3.68. The molecule has 1 atom stereocenters. The lowest BCUT2D eigenvalue weighted by Gasteiger charge is -2.15. The maximum atomic E-state index is 12.1. The molecule has 0 radical (unpaired) electrons. The van der Waals surface area contributed by atoms with Crippen molar-refractivity contribution in [3.05, 3.63) is 35.4 Å². The van der Waals surface area contributed by atoms with Crippen LogP contribution in [0.4, 0.5) is 13.2 Å². The summed E-state index contributed by atoms with van der Waals surface area (Å²) in [7, 11) is 0. The Morgan fingerprint density at radius 1 is 1.33 bits per heavy atom. The number of halogens is 3. The first kappa shape index (κ1) is 12.0. The van der Waals surface area contributed by atoms with Crippen LogP contribution in [-0.2, 0) is 6.42 Å². The van der Waals surface area contributed by atoms with Crippen molar-refractivity contribution in [2.45, 2.75) is 32.0 Å². The third-order valence-electron chi connectivity index (χ3n) is 2.25. The van der Waals surface area contributed by atoms with Gasteiger partial charge in [0, 0.05) is 0 Å². The van der Waals surface area contributed by atoms with Crippen LogP contribution in [0.2, 0.25) is 0 Å². The van der Waals surface area contributed by atoms with Crippen molar-refractivity contribution < 1.29 is 13.2 Å². The molecule has 0 bridgehead atoms. The summed E-state index contributed by atoms with van der Waals surface area (Å²) in [6.07, 6.45) is -3.99. The summed E-state index contributed by atoms with van der Waals surface area (Å²) in [6, 6.07) is 5.72. The SMILES string of the molecule is Cc1cccc(CC[C@@H](N)C(F)(F)F)c1. The van der Waals surface area contributed by atoms with Gasteiger partial charge in [0.25, 0.3) is 0 Å². The smallest absolute Gasteiger partial charge is 0.320 e. The Kier molecular flexibility index (Phi) is 3.74. The molecular weight excluding hydrogens is 203 g/mol. The first-order valence-electron chi connectivity index (χ1n) is 4.77. The molecule has 0 heterocycles. The second kappa shape index (κ2) is 4.66. The average Bonchev–Trinajstić information content (AvgIpc) is 2.12. The summed E-state index contributed by atoms with van der Waals surface area (Å²) >= 11 is 0. The molecule has 4 heteroatoms. The first-order chi connectivity index (χ1) is 6.89. The van der Waals surface area contributed by atoms with Crippen molar-refractivity contribution in [1.29, 1.82) is 0 Å². The summed E-state index contributed by atoms with van der Waals surface area (Å²) in [5.74, 6) is 0. The van der Waals surface area contributed by atoms with Crippen LogP contribution in [-0.4, -0.2) is 12.2 Å². The molecule has 0 aliphatic carbocycles. The summed E-state index contributed by atoms with van der Waals surface area (Å²) in [4.78, 5) is 0. The highest BCUT2D eigenvalue weighted by Crippen LogP contribution is 2.21. The quantitative estimate of drug-likeness (QED) is 0.827. The molecule has 15 heavy (non-hydrogen) atoms. The predicted octanol–water partition coefficient (Wildman–Crippen LogP) is 2.82. The molecule has 1 aromatic rings. The van der Waals surface area contributed by atoms with Crippen LogP contribution in [0, 0.1) is 6.92 Å². The summed E-state index contributed by atoms with van der Waals surface area (Å²) < 4.78 is 36.3. The molecule has 2 N–H and O–H groups in total. The van der Waals surface area contributed by atoms with Gasteiger partial charge in [0.05, 0.1) is 0 Å². The van der Waals surface area contributed by atoms with E-state index < -0.39 is 12.2 Å². The van der Waals surface area contributed by atoms with E-state index in [4.69, 9.17) is 5.73 Å². The number of nitrogens with two attached hydrogens (primary N) is 1. The topological polar surface area (TPSA) is 26.0 Å². The van der Waals surface area contributed by atoms with Gasteiger partial charge in [-0.25, -0.2) is 0 Å². The Bertz CT molecular complexity index is 320. The second-order valence-corrected chi connectivity index (χ2v) is 3.68. The molecule has 84 valence electrons. The number of rotatable bonds is 3. The number of hydrogen-bond donors (Lipinski definition) is 1. The third-order valence-corrected chi connectivity index (χ3v) is 2.25. The van der Waals surface area contributed by atoms with Gasteiger partial charge < -0.3 is 5.73 Å². The molecule has 0 unspecified atom stereocenters. The Hall–Kier alpha value is -1.03. The van der Waals surface area contributed by atoms with Gasteiger partial charge in [0.15, 0.2) is 0 Å². The summed E-state index contributed by atoms with van der Waals surface area (Å²) in [6.45, 7) is 1.91. The van der Waals surface area contributed by atoms with Gasteiger partial charge in [0.2, 0.25) is 0 Å². The van der Waals surface area contributed by atoms with Gasteiger partial charge in [-0.1, -0.05) is 29.8 Å². The molecule has 0 amide bonds. The molecule has 0 aliphatic heterocycles. The zero-order valence-corrected chi connectivity index (χ0v) is 8.51. The molecule has 1 nitrogen and oxygen atoms in total. The minimum Gasteiger partial charge on any atom is -0.320 e. The van der Waals surface area contributed by atoms with Gasteiger partial charge in [-0.05, 0) is 25.3 Å². The Morgan fingerprint density at radius 3 is 2.53 bits per heavy atom. The van der Waals surface area contributed by atoms with Crippen LogP contribution >= 0.6 is 0 Å². The highest BCUT2D eigenvalue weighted by Gasteiger charge is 2.35. The van der Waals surface area contributed by atoms with E-state index in [1.54, 1.807) is 0 Å². The number of benzene rings is 1. The molecule has 0 fully saturated rings. The van der Waals surface area contributed by atoms with E-state index in [2.05, 4.69) is 0 Å². The molecular formula is C11H14F3N. The van der Waals surface area contributed by atoms with E-state index in [-0.39, 0.29) is 6.42 Å². The van der Waals surface area contributed by atoms with Crippen LogP contribution < -0.4 is 5.73 Å². The fourth-order valence-electron chi connectivity index (χ4n) is 1.35. The molecule has 0 aliphatic rings. The van der Waals surface area contributed by atoms with Crippen LogP contribution in [0.15, 0.2) is 24.3 Å². The minimum atomic E-state index is -4.29. The van der Waals surface area contributed by atoms with Crippen molar-refractivity contribution in [2.75, 3.05) is 0 Å². The standard InChI is InChI=1S/C11H14F3N/c1-8-3-2-4-9(7-8)5-6-10(15)11(12,13)14/h2-4,7,10H,5-6,15H2,1H3/t10-/m1/s1. The molecule has 0 aromatic heterocycles. The normalized spacial score (nSPS) is 13.9. The zero-order valence-electron chi connectivity index (χ0n) is 8.51. The van der Waals surface area contributed by atoms with E-state index >= 15 is 0 Å². The lowest BCUT2D eigenvalue weighted by molar-refractivity contribution is -0.148. The van der Waals surface area contributed by atoms with Gasteiger partial charge in [-0.2, -0.15) is 13.2 Å². The first-order valence-corrected chi connectivity index (χ1v) is 4.77. The maximum Gasteiger partial charge on any atom is 0.403 e. The van der Waals surface area contributed by atoms with Crippen molar-refractivity contribution in [2.24, 2.45) is 5.73 Å². The minimum absolute atomic E-state index is 0.0625. The lowest BCUT2D eigenvalue weighted by Crippen LogP contribution is -2.37. The van der Waals surface area contributed by atoms with Gasteiger partial charge in [0.1, 0.15) is 6.04 Å². The highest BCUT2D eigenvalue weighted by atomic mass is 19.4. The number of alkyl halides is 3. The van der Waals surface area contributed by atoms with Crippen LogP contribution in [0.1, 0.15) is 17.5 Å². The van der Waals surface area contributed by atoms with Crippen molar-refractivity contribution >= 4 is 0 Å². The van der Waals surface area contributed by atoms with Crippen molar-refractivity contribution in [3.8, 4) is 0 Å². The van der Waals surface area contributed by atoms with E-state index in [1.807, 2.05) is 31.2 Å². The summed E-state index contributed by atoms with van der Waals surface area (Å²) in [5, 5.41) is 0. The fraction of sp³-hybridized carbons (Fsp3) is 0.455. The summed E-state index contributed by atoms with van der Waals surface area (Å²) in [5.41, 5.74) is 6.96. The van der Waals surface area contributed by atoms with Gasteiger partial charge in [-0.3, -0.25) is 0 Å². The van der Waals surface area contributed by atoms with Crippen molar-refractivity contribution in [3.63, 3.8) is 0 Å². The predicted molar refractivity (Wildman–Crippen MR) is 53.5 cm³/mol. The average molecular weight is 217 g/mol. The Balaban J connectivity index is 2.51. The Labute approximate surface area is 87.1 Å². The molecule has 0 spiro atoms. The van der Waals surface area contributed by atoms with E-state index in [0.717, 1.165) is 11.1 Å². The van der Waals surface area contributed by atoms with Gasteiger partial charge in [-0.15, -0.1) is 0 Å². The van der Waals surface area contributed by atoms with E-state index in [1.165, 1.54) is 0 Å². The number of hydrogen-bond acceptors (Lipinski definition) is 1. The fourth-order valence-corrected chi connectivity index (χ4v) is 1.35. The molecule has 1 aromatic carbocycles. The number of aryl methyl sites for hydroxylation is 2. The van der Waals surface area contributed by atoms with E-state index in [9.17, 15) is 13.2 Å². The van der Waals surface area contributed by atoms with Crippen LogP contribution in [0.3, 0.4) is 0 Å². The largest absolute Gasteiger partial charge is 0.403 e. The Morgan fingerprint density at radius 2 is 2.00 bits per heavy atom. The highest BCUT2D eigenvalue weighted by molar-refractivity contribution is 5.22. The molecule has 0 saturated heterocycles. The molecule has 0 saturated carbocycles.